The molecule has 0 unspecified atom stereocenters. The fourth-order valence-corrected chi connectivity index (χ4v) is 2.82. The van der Waals surface area contributed by atoms with Gasteiger partial charge in [-0.1, -0.05) is 0 Å². The van der Waals surface area contributed by atoms with Crippen molar-refractivity contribution in [3.05, 3.63) is 77.6 Å². The molecular formula is C22H14FN3O3. The topological polar surface area (TPSA) is 88.1 Å². The predicted octanol–water partition coefficient (Wildman–Crippen LogP) is 4.77. The molecule has 0 saturated heterocycles. The summed E-state index contributed by atoms with van der Waals surface area (Å²) < 4.78 is 24.9. The molecule has 142 valence electrons. The zero-order valence-electron chi connectivity index (χ0n) is 15.3. The molecule has 0 fully saturated rings. The quantitative estimate of drug-likeness (QED) is 0.545. The molecule has 0 aliphatic heterocycles. The van der Waals surface area contributed by atoms with Crippen molar-refractivity contribution in [2.24, 2.45) is 0 Å². The van der Waals surface area contributed by atoms with Crippen LogP contribution in [-0.4, -0.2) is 18.0 Å². The maximum Gasteiger partial charge on any atom is 0.258 e. The highest BCUT2D eigenvalue weighted by atomic mass is 19.1. The molecule has 1 N–H and O–H groups in total. The summed E-state index contributed by atoms with van der Waals surface area (Å²) in [6.45, 7) is 0. The van der Waals surface area contributed by atoms with Crippen molar-refractivity contribution in [3.8, 4) is 23.3 Å². The van der Waals surface area contributed by atoms with E-state index in [4.69, 9.17) is 14.4 Å². The van der Waals surface area contributed by atoms with Crippen molar-refractivity contribution >= 4 is 22.7 Å². The van der Waals surface area contributed by atoms with Crippen LogP contribution < -0.4 is 10.1 Å². The second-order valence-electron chi connectivity index (χ2n) is 6.19. The molecule has 0 atom stereocenters. The largest absolute Gasteiger partial charge is 0.497 e. The molecule has 0 aliphatic carbocycles. The molecule has 7 heteroatoms. The molecule has 0 radical (unpaired) electrons. The first-order chi connectivity index (χ1) is 14.1. The molecule has 4 rings (SSSR count). The lowest BCUT2D eigenvalue weighted by Crippen LogP contribution is -2.13. The normalized spacial score (nSPS) is 10.5. The smallest absolute Gasteiger partial charge is 0.258 e. The van der Waals surface area contributed by atoms with Crippen molar-refractivity contribution in [1.82, 2.24) is 4.98 Å². The summed E-state index contributed by atoms with van der Waals surface area (Å²) in [5.74, 6) is -0.233. The van der Waals surface area contributed by atoms with Crippen LogP contribution in [0, 0.1) is 17.1 Å². The van der Waals surface area contributed by atoms with E-state index in [0.29, 0.717) is 28.4 Å². The third-order valence-corrected chi connectivity index (χ3v) is 4.33. The van der Waals surface area contributed by atoms with E-state index in [2.05, 4.69) is 10.3 Å². The number of anilines is 1. The second-order valence-corrected chi connectivity index (χ2v) is 6.19. The minimum absolute atomic E-state index is 0.138. The number of benzene rings is 3. The van der Waals surface area contributed by atoms with Crippen LogP contribution in [0.15, 0.2) is 65.1 Å². The van der Waals surface area contributed by atoms with E-state index in [9.17, 15) is 9.18 Å². The van der Waals surface area contributed by atoms with Crippen LogP contribution in [0.1, 0.15) is 15.9 Å². The standard InChI is InChI=1S/C22H14FN3O3/c1-28-16-7-9-20-19(11-16)26-22(29-20)14-3-5-15(6-4-14)25-21(27)17-8-2-13(12-24)10-18(17)23/h2-11H,1H3,(H,25,27). The van der Waals surface area contributed by atoms with Gasteiger partial charge in [-0.3, -0.25) is 4.79 Å². The number of nitrogens with zero attached hydrogens (tertiary/aromatic N) is 2. The summed E-state index contributed by atoms with van der Waals surface area (Å²) in [6.07, 6.45) is 0. The van der Waals surface area contributed by atoms with Gasteiger partial charge in [0.05, 0.1) is 24.3 Å². The number of nitriles is 1. The number of nitrogens with one attached hydrogen (secondary N) is 1. The SMILES string of the molecule is COc1ccc2oc(-c3ccc(NC(=O)c4ccc(C#N)cc4F)cc3)nc2c1. The van der Waals surface area contributed by atoms with Crippen LogP contribution in [0.4, 0.5) is 10.1 Å². The summed E-state index contributed by atoms with van der Waals surface area (Å²) in [5, 5.41) is 11.4. The van der Waals surface area contributed by atoms with E-state index in [1.54, 1.807) is 49.6 Å². The lowest BCUT2D eigenvalue weighted by molar-refractivity contribution is 0.102. The van der Waals surface area contributed by atoms with Gasteiger partial charge in [0.1, 0.15) is 17.1 Å². The monoisotopic (exact) mass is 387 g/mol. The number of halogens is 1. The van der Waals surface area contributed by atoms with Crippen LogP contribution in [0.2, 0.25) is 0 Å². The minimum atomic E-state index is -0.750. The number of fused-ring (bicyclic) bond motifs is 1. The maximum atomic E-state index is 14.0. The lowest BCUT2D eigenvalue weighted by atomic mass is 10.1. The van der Waals surface area contributed by atoms with E-state index >= 15 is 0 Å². The number of hydrogen-bond donors (Lipinski definition) is 1. The van der Waals surface area contributed by atoms with Gasteiger partial charge < -0.3 is 14.5 Å². The van der Waals surface area contributed by atoms with Gasteiger partial charge in [-0.25, -0.2) is 9.37 Å². The Morgan fingerprint density at radius 1 is 1.14 bits per heavy atom. The van der Waals surface area contributed by atoms with Gasteiger partial charge in [0.2, 0.25) is 5.89 Å². The second kappa shape index (κ2) is 7.44. The van der Waals surface area contributed by atoms with Gasteiger partial charge in [0.15, 0.2) is 5.58 Å². The molecule has 1 aromatic heterocycles. The van der Waals surface area contributed by atoms with Gasteiger partial charge in [-0.2, -0.15) is 5.26 Å². The lowest BCUT2D eigenvalue weighted by Gasteiger charge is -2.07. The summed E-state index contributed by atoms with van der Waals surface area (Å²) in [5.41, 5.74) is 2.53. The Labute approximate surface area is 165 Å². The summed E-state index contributed by atoms with van der Waals surface area (Å²) >= 11 is 0. The predicted molar refractivity (Wildman–Crippen MR) is 105 cm³/mol. The number of oxazole rings is 1. The van der Waals surface area contributed by atoms with E-state index in [0.717, 1.165) is 11.6 Å². The molecule has 0 aliphatic rings. The Balaban J connectivity index is 1.53. The highest BCUT2D eigenvalue weighted by Crippen LogP contribution is 2.27. The van der Waals surface area contributed by atoms with Gasteiger partial charge in [0, 0.05) is 17.3 Å². The van der Waals surface area contributed by atoms with E-state index < -0.39 is 11.7 Å². The molecule has 3 aromatic carbocycles. The first kappa shape index (κ1) is 18.2. The minimum Gasteiger partial charge on any atom is -0.497 e. The van der Waals surface area contributed by atoms with Crippen LogP contribution in [0.25, 0.3) is 22.6 Å². The number of rotatable bonds is 4. The van der Waals surface area contributed by atoms with E-state index in [1.165, 1.54) is 12.1 Å². The molecule has 0 saturated carbocycles. The average Bonchev–Trinajstić information content (AvgIpc) is 3.17. The zero-order valence-corrected chi connectivity index (χ0v) is 15.3. The third kappa shape index (κ3) is 3.64. The molecule has 1 heterocycles. The molecule has 29 heavy (non-hydrogen) atoms. The summed E-state index contributed by atoms with van der Waals surface area (Å²) in [6, 6.07) is 17.7. The Morgan fingerprint density at radius 3 is 2.62 bits per heavy atom. The average molecular weight is 387 g/mol. The van der Waals surface area contributed by atoms with Crippen molar-refractivity contribution in [1.29, 1.82) is 5.26 Å². The number of ether oxygens (including phenoxy) is 1. The fraction of sp³-hybridized carbons (Fsp3) is 0.0455. The fourth-order valence-electron chi connectivity index (χ4n) is 2.82. The molecule has 0 bridgehead atoms. The van der Waals surface area contributed by atoms with Crippen LogP contribution >= 0.6 is 0 Å². The number of carbonyl (C=O) groups excluding carboxylic acids is 1. The number of amides is 1. The van der Waals surface area contributed by atoms with E-state index in [1.807, 2.05) is 6.07 Å². The molecule has 0 spiro atoms. The maximum absolute atomic E-state index is 14.0. The van der Waals surface area contributed by atoms with Crippen molar-refractivity contribution in [3.63, 3.8) is 0 Å². The van der Waals surface area contributed by atoms with Gasteiger partial charge in [-0.05, 0) is 54.6 Å². The summed E-state index contributed by atoms with van der Waals surface area (Å²) in [4.78, 5) is 16.7. The third-order valence-electron chi connectivity index (χ3n) is 4.33. The number of carbonyl (C=O) groups is 1. The first-order valence-electron chi connectivity index (χ1n) is 8.63. The van der Waals surface area contributed by atoms with Crippen molar-refractivity contribution in [2.75, 3.05) is 12.4 Å². The number of aromatic nitrogens is 1. The molecule has 4 aromatic rings. The zero-order chi connectivity index (χ0) is 20.4. The van der Waals surface area contributed by atoms with Gasteiger partial charge in [-0.15, -0.1) is 0 Å². The Morgan fingerprint density at radius 2 is 1.93 bits per heavy atom. The number of methoxy groups -OCH3 is 1. The highest BCUT2D eigenvalue weighted by molar-refractivity contribution is 6.04. The summed E-state index contributed by atoms with van der Waals surface area (Å²) in [7, 11) is 1.58. The Bertz CT molecular complexity index is 1260. The first-order valence-corrected chi connectivity index (χ1v) is 8.63. The molecule has 1 amide bonds. The van der Waals surface area contributed by atoms with Crippen molar-refractivity contribution in [2.45, 2.75) is 0 Å². The number of hydrogen-bond acceptors (Lipinski definition) is 5. The van der Waals surface area contributed by atoms with Gasteiger partial charge >= 0.3 is 0 Å². The highest BCUT2D eigenvalue weighted by Gasteiger charge is 2.13. The Hall–Kier alpha value is -4.18. The van der Waals surface area contributed by atoms with E-state index in [-0.39, 0.29) is 11.1 Å². The Kier molecular flexibility index (Phi) is 4.67. The van der Waals surface area contributed by atoms with Crippen molar-refractivity contribution < 1.29 is 18.3 Å². The van der Waals surface area contributed by atoms with Crippen LogP contribution in [0.5, 0.6) is 5.75 Å². The molecule has 6 nitrogen and oxygen atoms in total. The molecular weight excluding hydrogens is 373 g/mol. The van der Waals surface area contributed by atoms with Gasteiger partial charge in [0.25, 0.3) is 5.91 Å². The van der Waals surface area contributed by atoms with Crippen LogP contribution in [0.3, 0.4) is 0 Å². The van der Waals surface area contributed by atoms with Crippen LogP contribution in [-0.2, 0) is 0 Å².